The van der Waals surface area contributed by atoms with E-state index in [1.807, 2.05) is 0 Å². The first-order valence-corrected chi connectivity index (χ1v) is 12.1. The highest BCUT2D eigenvalue weighted by Gasteiger charge is 2.53. The van der Waals surface area contributed by atoms with Gasteiger partial charge >= 0.3 is 0 Å². The number of allylic oxidation sites excluding steroid dienone is 1. The van der Waals surface area contributed by atoms with Gasteiger partial charge < -0.3 is 25.0 Å². The molecular formula is C29H19NO10. The van der Waals surface area contributed by atoms with E-state index in [2.05, 4.69) is 4.98 Å². The summed E-state index contributed by atoms with van der Waals surface area (Å²) in [4.78, 5) is 79.4. The summed E-state index contributed by atoms with van der Waals surface area (Å²) in [5, 5.41) is 31.6. The average Bonchev–Trinajstić information content (AvgIpc) is 3.39. The van der Waals surface area contributed by atoms with Gasteiger partial charge in [-0.25, -0.2) is 0 Å². The third kappa shape index (κ3) is 2.94. The fourth-order valence-corrected chi connectivity index (χ4v) is 6.06. The highest BCUT2D eigenvalue weighted by Crippen LogP contribution is 2.54. The minimum Gasteiger partial charge on any atom is -0.510 e. The molecule has 0 radical (unpaired) electrons. The lowest BCUT2D eigenvalue weighted by Gasteiger charge is -2.27. The fourth-order valence-electron chi connectivity index (χ4n) is 6.06. The Morgan fingerprint density at radius 3 is 2.20 bits per heavy atom. The minimum absolute atomic E-state index is 0.0751. The van der Waals surface area contributed by atoms with Gasteiger partial charge in [-0.05, 0) is 48.9 Å². The van der Waals surface area contributed by atoms with Crippen LogP contribution < -0.4 is 42.4 Å². The Labute approximate surface area is 221 Å². The van der Waals surface area contributed by atoms with E-state index in [4.69, 9.17) is 4.74 Å². The number of fused-ring (bicyclic) bond motifs is 4. The molecule has 1 atom stereocenters. The first kappa shape index (κ1) is 25.0. The number of aromatic nitrogens is 1. The number of H-pyrrole nitrogens is 1. The standard InChI is InChI=1S/C29H19NO10/c1-10(31)3-4-13-8-12-7-11-5-6-29(21(11)25(36)16(12)28(39)30-13)26(37)19-20(27(29)38)24(35)18-17(23(19)34)14(32)9-15(40-2)22(18)33/h3-4,7-9,36-38H,5-6H2,1-2H3,(H,30,39)/b4-3+. The van der Waals surface area contributed by atoms with E-state index < -0.39 is 76.6 Å². The summed E-state index contributed by atoms with van der Waals surface area (Å²) < 4.78 is 4.88. The van der Waals surface area contributed by atoms with E-state index in [9.17, 15) is 44.1 Å². The number of phenols is 1. The summed E-state index contributed by atoms with van der Waals surface area (Å²) in [5.41, 5.74) is -6.30. The summed E-state index contributed by atoms with van der Waals surface area (Å²) in [6, 6.07) is 3.89. The number of aromatic hydroxyl groups is 1. The lowest BCUT2D eigenvalue weighted by atomic mass is 9.78. The number of rotatable bonds is 3. The van der Waals surface area contributed by atoms with E-state index in [1.54, 1.807) is 6.07 Å². The number of methoxy groups -OCH3 is 1. The number of carbonyl (C=O) groups excluding carboxylic acids is 1. The molecule has 40 heavy (non-hydrogen) atoms. The van der Waals surface area contributed by atoms with Crippen molar-refractivity contribution >= 4 is 34.2 Å². The number of pyridine rings is 1. The molecule has 11 heteroatoms. The van der Waals surface area contributed by atoms with Crippen molar-refractivity contribution in [2.24, 2.45) is 0 Å². The Kier molecular flexibility index (Phi) is 5.05. The molecule has 0 bridgehead atoms. The van der Waals surface area contributed by atoms with Crippen LogP contribution >= 0.6 is 0 Å². The number of carbonyl (C=O) groups is 1. The van der Waals surface area contributed by atoms with Crippen LogP contribution in [-0.2, 0) is 16.6 Å². The second-order valence-corrected chi connectivity index (χ2v) is 9.89. The summed E-state index contributed by atoms with van der Waals surface area (Å²) in [6.07, 6.45) is 2.72. The topological polar surface area (TPSA) is 188 Å². The van der Waals surface area contributed by atoms with Gasteiger partial charge in [-0.2, -0.15) is 0 Å². The van der Waals surface area contributed by atoms with Gasteiger partial charge in [0.05, 0.1) is 33.4 Å². The number of aliphatic hydroxyl groups excluding tert-OH is 2. The zero-order chi connectivity index (χ0) is 28.8. The summed E-state index contributed by atoms with van der Waals surface area (Å²) >= 11 is 0. The number of aliphatic hydroxyl groups is 2. The number of ketones is 1. The molecule has 1 spiro atoms. The number of phenolic OH excluding ortho intramolecular Hbond substituents is 1. The number of aryl methyl sites for hydroxylation is 1. The lowest BCUT2D eigenvalue weighted by Crippen LogP contribution is -2.51. The SMILES string of the molecule is COc1cc(=O)c2c(=O)c3c(c(=O)c=2c1=O)=C(O)C1(CCc2cc4cc(/C=C/C(C)=O)[nH]c(=O)c4c(O)c21)C=3O. The number of aromatic amines is 1. The number of hydrogen-bond acceptors (Lipinski definition) is 10. The van der Waals surface area contributed by atoms with E-state index in [-0.39, 0.29) is 29.6 Å². The van der Waals surface area contributed by atoms with Crippen molar-refractivity contribution in [1.29, 1.82) is 0 Å². The molecule has 0 saturated carbocycles. The van der Waals surface area contributed by atoms with Crippen molar-refractivity contribution in [2.45, 2.75) is 25.2 Å². The lowest BCUT2D eigenvalue weighted by molar-refractivity contribution is -0.112. The van der Waals surface area contributed by atoms with Crippen LogP contribution in [0.5, 0.6) is 11.5 Å². The highest BCUT2D eigenvalue weighted by atomic mass is 16.5. The first-order chi connectivity index (χ1) is 18.9. The van der Waals surface area contributed by atoms with Crippen molar-refractivity contribution in [3.05, 3.63) is 113 Å². The molecule has 200 valence electrons. The molecule has 1 heterocycles. The molecule has 0 fully saturated rings. The molecule has 6 rings (SSSR count). The maximum atomic E-state index is 13.5. The zero-order valence-corrected chi connectivity index (χ0v) is 21.0. The smallest absolute Gasteiger partial charge is 0.260 e. The fraction of sp³-hybridized carbons (Fsp3) is 0.172. The molecule has 11 nitrogen and oxygen atoms in total. The van der Waals surface area contributed by atoms with Gasteiger partial charge in [0.1, 0.15) is 22.7 Å². The van der Waals surface area contributed by atoms with E-state index in [0.29, 0.717) is 16.6 Å². The van der Waals surface area contributed by atoms with Crippen molar-refractivity contribution in [1.82, 2.24) is 4.98 Å². The normalized spacial score (nSPS) is 17.9. The predicted molar refractivity (Wildman–Crippen MR) is 143 cm³/mol. The third-order valence-corrected chi connectivity index (χ3v) is 7.77. The molecule has 4 N–H and O–H groups in total. The monoisotopic (exact) mass is 541 g/mol. The minimum atomic E-state index is -1.97. The Bertz CT molecular complexity index is 2380. The largest absolute Gasteiger partial charge is 0.510 e. The maximum absolute atomic E-state index is 13.5. The Morgan fingerprint density at radius 1 is 0.925 bits per heavy atom. The molecule has 2 aromatic rings. The third-order valence-electron chi connectivity index (χ3n) is 7.77. The van der Waals surface area contributed by atoms with Gasteiger partial charge in [-0.1, -0.05) is 6.07 Å². The van der Waals surface area contributed by atoms with Crippen LogP contribution in [0.2, 0.25) is 0 Å². The molecular weight excluding hydrogens is 522 g/mol. The van der Waals surface area contributed by atoms with Gasteiger partial charge in [-0.15, -0.1) is 0 Å². The summed E-state index contributed by atoms with van der Waals surface area (Å²) in [7, 11) is 1.11. The van der Waals surface area contributed by atoms with E-state index in [1.165, 1.54) is 25.1 Å². The van der Waals surface area contributed by atoms with Crippen LogP contribution in [0.25, 0.3) is 28.4 Å². The van der Waals surface area contributed by atoms with Crippen molar-refractivity contribution < 1.29 is 24.9 Å². The Morgan fingerprint density at radius 2 is 1.57 bits per heavy atom. The second-order valence-electron chi connectivity index (χ2n) is 9.89. The van der Waals surface area contributed by atoms with Gasteiger partial charge in [0.15, 0.2) is 17.0 Å². The molecule has 1 unspecified atom stereocenters. The van der Waals surface area contributed by atoms with Gasteiger partial charge in [0, 0.05) is 17.3 Å². The molecule has 1 aromatic carbocycles. The molecule has 0 aliphatic heterocycles. The van der Waals surface area contributed by atoms with Crippen LogP contribution in [0.1, 0.15) is 30.2 Å². The number of benzene rings is 1. The van der Waals surface area contributed by atoms with E-state index in [0.717, 1.165) is 13.2 Å². The van der Waals surface area contributed by atoms with E-state index >= 15 is 0 Å². The molecule has 1 aromatic heterocycles. The summed E-state index contributed by atoms with van der Waals surface area (Å²) in [5.74, 6) is -2.82. The van der Waals surface area contributed by atoms with Crippen LogP contribution in [0, 0.1) is 10.4 Å². The van der Waals surface area contributed by atoms with Crippen LogP contribution in [-0.4, -0.2) is 33.2 Å². The van der Waals surface area contributed by atoms with Gasteiger partial charge in [0.25, 0.3) is 5.56 Å². The van der Waals surface area contributed by atoms with Crippen LogP contribution in [0.15, 0.2) is 48.2 Å². The number of nitrogens with one attached hydrogen (secondary N) is 1. The maximum Gasteiger partial charge on any atom is 0.260 e. The first-order valence-electron chi connectivity index (χ1n) is 12.1. The van der Waals surface area contributed by atoms with Gasteiger partial charge in [0.2, 0.25) is 16.3 Å². The molecule has 4 aliphatic carbocycles. The molecule has 4 aliphatic rings. The number of ether oxygens (including phenoxy) is 1. The zero-order valence-electron chi connectivity index (χ0n) is 21.0. The molecule has 0 saturated heterocycles. The summed E-state index contributed by atoms with van der Waals surface area (Å²) in [6.45, 7) is 1.34. The highest BCUT2D eigenvalue weighted by molar-refractivity contribution is 5.96. The van der Waals surface area contributed by atoms with Gasteiger partial charge in [-0.3, -0.25) is 28.8 Å². The van der Waals surface area contributed by atoms with Crippen LogP contribution in [0.4, 0.5) is 0 Å². The van der Waals surface area contributed by atoms with Crippen molar-refractivity contribution in [3.63, 3.8) is 0 Å². The van der Waals surface area contributed by atoms with Crippen LogP contribution in [0.3, 0.4) is 0 Å². The van der Waals surface area contributed by atoms with Crippen molar-refractivity contribution in [2.75, 3.05) is 7.11 Å². The number of hydrogen-bond donors (Lipinski definition) is 4. The second kappa shape index (κ2) is 8.09. The Balaban J connectivity index is 1.75. The van der Waals surface area contributed by atoms with Crippen molar-refractivity contribution in [3.8, 4) is 11.5 Å². The quantitative estimate of drug-likeness (QED) is 0.237. The average molecular weight is 541 g/mol. The Hall–Kier alpha value is -5.32. The molecule has 0 amide bonds. The predicted octanol–water partition coefficient (Wildman–Crippen LogP) is -0.884.